The van der Waals surface area contributed by atoms with Crippen molar-refractivity contribution in [3.05, 3.63) is 95.1 Å². The van der Waals surface area contributed by atoms with E-state index in [0.29, 0.717) is 27.8 Å². The zero-order valence-electron chi connectivity index (χ0n) is 17.3. The van der Waals surface area contributed by atoms with E-state index < -0.39 is 0 Å². The molecule has 0 aliphatic heterocycles. The quantitative estimate of drug-likeness (QED) is 0.335. The van der Waals surface area contributed by atoms with E-state index >= 15 is 0 Å². The summed E-state index contributed by atoms with van der Waals surface area (Å²) in [6.45, 7) is 2.18. The fourth-order valence-corrected chi connectivity index (χ4v) is 3.47. The van der Waals surface area contributed by atoms with Gasteiger partial charge in [0, 0.05) is 21.8 Å². The van der Waals surface area contributed by atoms with Crippen molar-refractivity contribution in [1.82, 2.24) is 4.98 Å². The molecular formula is C26H23ClN2O2. The Bertz CT molecular complexity index is 1160. The van der Waals surface area contributed by atoms with Gasteiger partial charge in [0.2, 0.25) is 5.89 Å². The first-order valence-electron chi connectivity index (χ1n) is 10.4. The minimum absolute atomic E-state index is 0.205. The third kappa shape index (κ3) is 5.04. The maximum Gasteiger partial charge on any atom is 0.256 e. The SMILES string of the molecule is CCCCc1ccc(NC(=O)c2ccccc2-c2ncc(-c3ccc(Cl)cc3)o2)cc1. The molecule has 0 bridgehead atoms. The van der Waals surface area contributed by atoms with Crippen LogP contribution in [-0.2, 0) is 6.42 Å². The van der Waals surface area contributed by atoms with Gasteiger partial charge in [0.05, 0.1) is 11.8 Å². The van der Waals surface area contributed by atoms with Crippen molar-refractivity contribution in [3.63, 3.8) is 0 Å². The largest absolute Gasteiger partial charge is 0.436 e. The van der Waals surface area contributed by atoms with Gasteiger partial charge in [-0.25, -0.2) is 4.98 Å². The summed E-state index contributed by atoms with van der Waals surface area (Å²) in [5, 5.41) is 3.63. The number of halogens is 1. The highest BCUT2D eigenvalue weighted by Crippen LogP contribution is 2.29. The van der Waals surface area contributed by atoms with Crippen LogP contribution >= 0.6 is 11.6 Å². The molecule has 0 atom stereocenters. The van der Waals surface area contributed by atoms with Gasteiger partial charge in [-0.15, -0.1) is 0 Å². The smallest absolute Gasteiger partial charge is 0.256 e. The van der Waals surface area contributed by atoms with Gasteiger partial charge in [0.1, 0.15) is 0 Å². The van der Waals surface area contributed by atoms with E-state index in [1.165, 1.54) is 5.56 Å². The van der Waals surface area contributed by atoms with Crippen LogP contribution < -0.4 is 5.32 Å². The predicted molar refractivity (Wildman–Crippen MR) is 125 cm³/mol. The summed E-state index contributed by atoms with van der Waals surface area (Å²) in [5.74, 6) is 0.804. The van der Waals surface area contributed by atoms with Crippen molar-refractivity contribution in [1.29, 1.82) is 0 Å². The Morgan fingerprint density at radius 3 is 2.48 bits per heavy atom. The fraction of sp³-hybridized carbons (Fsp3) is 0.154. The molecule has 1 heterocycles. The van der Waals surface area contributed by atoms with Crippen molar-refractivity contribution in [2.75, 3.05) is 5.32 Å². The monoisotopic (exact) mass is 430 g/mol. The number of unbranched alkanes of at least 4 members (excludes halogenated alkanes) is 1. The summed E-state index contributed by atoms with van der Waals surface area (Å²) in [7, 11) is 0. The van der Waals surface area contributed by atoms with Gasteiger partial charge in [-0.2, -0.15) is 0 Å². The Labute approximate surface area is 186 Å². The van der Waals surface area contributed by atoms with Gasteiger partial charge < -0.3 is 9.73 Å². The van der Waals surface area contributed by atoms with Crippen molar-refractivity contribution in [2.24, 2.45) is 0 Å². The number of aromatic nitrogens is 1. The molecule has 0 saturated heterocycles. The van der Waals surface area contributed by atoms with Crippen molar-refractivity contribution < 1.29 is 9.21 Å². The number of hydrogen-bond donors (Lipinski definition) is 1. The Hall–Kier alpha value is -3.37. The van der Waals surface area contributed by atoms with E-state index in [4.69, 9.17) is 16.0 Å². The zero-order valence-corrected chi connectivity index (χ0v) is 18.0. The van der Waals surface area contributed by atoms with E-state index in [1.807, 2.05) is 42.5 Å². The molecule has 4 rings (SSSR count). The second-order valence-electron chi connectivity index (χ2n) is 7.34. The van der Waals surface area contributed by atoms with Crippen molar-refractivity contribution >= 4 is 23.2 Å². The summed E-state index contributed by atoms with van der Waals surface area (Å²) < 4.78 is 5.96. The molecule has 1 amide bonds. The molecule has 0 saturated carbocycles. The van der Waals surface area contributed by atoms with Gasteiger partial charge in [-0.1, -0.05) is 49.2 Å². The molecule has 0 fully saturated rings. The second kappa shape index (κ2) is 9.63. The number of rotatable bonds is 7. The first kappa shape index (κ1) is 20.9. The van der Waals surface area contributed by atoms with Crippen LogP contribution in [0.5, 0.6) is 0 Å². The summed E-state index contributed by atoms with van der Waals surface area (Å²) in [4.78, 5) is 17.4. The molecule has 3 aromatic carbocycles. The minimum Gasteiger partial charge on any atom is -0.436 e. The van der Waals surface area contributed by atoms with Crippen LogP contribution in [0.15, 0.2) is 83.4 Å². The molecule has 156 valence electrons. The topological polar surface area (TPSA) is 55.1 Å². The van der Waals surface area contributed by atoms with Crippen LogP contribution in [-0.4, -0.2) is 10.9 Å². The first-order chi connectivity index (χ1) is 15.1. The summed E-state index contributed by atoms with van der Waals surface area (Å²) in [6.07, 6.45) is 5.03. The van der Waals surface area contributed by atoms with Crippen LogP contribution in [0.25, 0.3) is 22.8 Å². The van der Waals surface area contributed by atoms with Crippen LogP contribution in [0.4, 0.5) is 5.69 Å². The fourth-order valence-electron chi connectivity index (χ4n) is 3.35. The van der Waals surface area contributed by atoms with Gasteiger partial charge in [0.15, 0.2) is 5.76 Å². The second-order valence-corrected chi connectivity index (χ2v) is 7.77. The lowest BCUT2D eigenvalue weighted by Crippen LogP contribution is -2.13. The molecule has 0 spiro atoms. The first-order valence-corrected chi connectivity index (χ1v) is 10.7. The zero-order chi connectivity index (χ0) is 21.6. The highest BCUT2D eigenvalue weighted by Gasteiger charge is 2.17. The highest BCUT2D eigenvalue weighted by molar-refractivity contribution is 6.30. The van der Waals surface area contributed by atoms with Gasteiger partial charge in [-0.05, 0) is 66.9 Å². The van der Waals surface area contributed by atoms with Crippen molar-refractivity contribution in [2.45, 2.75) is 26.2 Å². The van der Waals surface area contributed by atoms with Gasteiger partial charge >= 0.3 is 0 Å². The predicted octanol–water partition coefficient (Wildman–Crippen LogP) is 7.26. The van der Waals surface area contributed by atoms with E-state index in [-0.39, 0.29) is 5.91 Å². The number of hydrogen-bond acceptors (Lipinski definition) is 3. The molecule has 0 unspecified atom stereocenters. The number of nitrogens with zero attached hydrogens (tertiary/aromatic N) is 1. The lowest BCUT2D eigenvalue weighted by molar-refractivity contribution is 0.102. The minimum atomic E-state index is -0.205. The number of carbonyl (C=O) groups excluding carboxylic acids is 1. The summed E-state index contributed by atoms with van der Waals surface area (Å²) in [5.41, 5.74) is 4.04. The summed E-state index contributed by atoms with van der Waals surface area (Å²) in [6, 6.07) is 22.6. The number of oxazole rings is 1. The number of anilines is 1. The third-order valence-electron chi connectivity index (χ3n) is 5.07. The normalized spacial score (nSPS) is 10.8. The Kier molecular flexibility index (Phi) is 6.48. The maximum atomic E-state index is 13.0. The molecule has 4 nitrogen and oxygen atoms in total. The molecule has 0 aliphatic carbocycles. The molecule has 4 aromatic rings. The van der Waals surface area contributed by atoms with Crippen LogP contribution in [0.2, 0.25) is 5.02 Å². The number of aryl methyl sites for hydroxylation is 1. The molecular weight excluding hydrogens is 408 g/mol. The third-order valence-corrected chi connectivity index (χ3v) is 5.32. The van der Waals surface area contributed by atoms with Crippen LogP contribution in [0.3, 0.4) is 0 Å². The van der Waals surface area contributed by atoms with E-state index in [9.17, 15) is 4.79 Å². The Morgan fingerprint density at radius 2 is 1.74 bits per heavy atom. The van der Waals surface area contributed by atoms with E-state index in [2.05, 4.69) is 29.4 Å². The van der Waals surface area contributed by atoms with E-state index in [1.54, 1.807) is 24.4 Å². The van der Waals surface area contributed by atoms with E-state index in [0.717, 1.165) is 30.5 Å². The molecule has 5 heteroatoms. The van der Waals surface area contributed by atoms with Gasteiger partial charge in [0.25, 0.3) is 5.91 Å². The lowest BCUT2D eigenvalue weighted by Gasteiger charge is -2.09. The average Bonchev–Trinajstić information content (AvgIpc) is 3.29. The average molecular weight is 431 g/mol. The number of nitrogens with one attached hydrogen (secondary N) is 1. The maximum absolute atomic E-state index is 13.0. The number of carbonyl (C=O) groups is 1. The Balaban J connectivity index is 1.54. The molecule has 1 N–H and O–H groups in total. The van der Waals surface area contributed by atoms with Gasteiger partial charge in [-0.3, -0.25) is 4.79 Å². The number of benzene rings is 3. The van der Waals surface area contributed by atoms with Crippen LogP contribution in [0, 0.1) is 0 Å². The molecule has 0 aliphatic rings. The van der Waals surface area contributed by atoms with Crippen molar-refractivity contribution in [3.8, 4) is 22.8 Å². The van der Waals surface area contributed by atoms with Crippen LogP contribution in [0.1, 0.15) is 35.7 Å². The molecule has 0 radical (unpaired) electrons. The molecule has 31 heavy (non-hydrogen) atoms. The lowest BCUT2D eigenvalue weighted by atomic mass is 10.1. The molecule has 1 aromatic heterocycles. The highest BCUT2D eigenvalue weighted by atomic mass is 35.5. The summed E-state index contributed by atoms with van der Waals surface area (Å²) >= 11 is 5.96. The Morgan fingerprint density at radius 1 is 1.00 bits per heavy atom. The standard InChI is InChI=1S/C26H23ClN2O2/c1-2-3-6-18-9-15-21(16-10-18)29-25(30)22-7-4-5-8-23(22)26-28-17-24(31-26)19-11-13-20(27)14-12-19/h4-5,7-17H,2-3,6H2,1H3,(H,29,30). The number of amides is 1.